The molecule has 1 aliphatic rings. The Bertz CT molecular complexity index is 505. The number of benzene rings is 1. The lowest BCUT2D eigenvalue weighted by molar-refractivity contribution is 0.222. The smallest absolute Gasteiger partial charge is 0.212 e. The first-order chi connectivity index (χ1) is 8.99. The van der Waals surface area contributed by atoms with Crippen LogP contribution in [-0.4, -0.2) is 38.8 Å². The highest BCUT2D eigenvalue weighted by atomic mass is 32.2. The number of primary sulfonamides is 1. The van der Waals surface area contributed by atoms with E-state index in [-0.39, 0.29) is 5.25 Å². The molecule has 19 heavy (non-hydrogen) atoms. The normalized spacial score (nSPS) is 18.4. The van der Waals surface area contributed by atoms with Crippen LogP contribution in [0.15, 0.2) is 24.3 Å². The van der Waals surface area contributed by atoms with Crippen LogP contribution in [-0.2, 0) is 16.6 Å². The largest absolute Gasteiger partial charge is 0.497 e. The monoisotopic (exact) mass is 284 g/mol. The Kier molecular flexibility index (Phi) is 4.44. The molecule has 1 aliphatic heterocycles. The van der Waals surface area contributed by atoms with Gasteiger partial charge in [-0.25, -0.2) is 13.6 Å². The molecule has 0 amide bonds. The second-order valence-electron chi connectivity index (χ2n) is 4.91. The van der Waals surface area contributed by atoms with E-state index >= 15 is 0 Å². The van der Waals surface area contributed by atoms with Gasteiger partial charge in [-0.2, -0.15) is 0 Å². The lowest BCUT2D eigenvalue weighted by Gasteiger charge is -2.30. The Morgan fingerprint density at radius 2 is 1.84 bits per heavy atom. The Morgan fingerprint density at radius 1 is 1.26 bits per heavy atom. The fourth-order valence-corrected chi connectivity index (χ4v) is 3.25. The molecule has 1 aromatic rings. The summed E-state index contributed by atoms with van der Waals surface area (Å²) in [6.45, 7) is 2.38. The van der Waals surface area contributed by atoms with E-state index in [4.69, 9.17) is 9.88 Å². The fraction of sp³-hybridized carbons (Fsp3) is 0.538. The number of hydrogen-bond donors (Lipinski definition) is 1. The van der Waals surface area contributed by atoms with Crippen molar-refractivity contribution >= 4 is 10.0 Å². The van der Waals surface area contributed by atoms with Gasteiger partial charge in [0.25, 0.3) is 0 Å². The van der Waals surface area contributed by atoms with Gasteiger partial charge in [0.1, 0.15) is 5.75 Å². The number of methoxy groups -OCH3 is 1. The van der Waals surface area contributed by atoms with E-state index in [9.17, 15) is 8.42 Å². The molecular weight excluding hydrogens is 264 g/mol. The summed E-state index contributed by atoms with van der Waals surface area (Å²) < 4.78 is 27.7. The van der Waals surface area contributed by atoms with Crippen LogP contribution in [0.4, 0.5) is 0 Å². The number of rotatable bonds is 4. The van der Waals surface area contributed by atoms with E-state index in [0.717, 1.165) is 25.4 Å². The summed E-state index contributed by atoms with van der Waals surface area (Å²) in [6.07, 6.45) is 1.24. The molecule has 0 radical (unpaired) electrons. The molecule has 1 saturated heterocycles. The summed E-state index contributed by atoms with van der Waals surface area (Å²) >= 11 is 0. The summed E-state index contributed by atoms with van der Waals surface area (Å²) in [7, 11) is -1.73. The summed E-state index contributed by atoms with van der Waals surface area (Å²) in [6, 6.07) is 7.94. The summed E-state index contributed by atoms with van der Waals surface area (Å²) in [4.78, 5) is 2.25. The first-order valence-corrected chi connectivity index (χ1v) is 7.97. The molecule has 106 valence electrons. The average Bonchev–Trinajstić information content (AvgIpc) is 2.39. The number of nitrogens with two attached hydrogens (primary N) is 1. The van der Waals surface area contributed by atoms with Gasteiger partial charge >= 0.3 is 0 Å². The van der Waals surface area contributed by atoms with E-state index in [1.807, 2.05) is 24.3 Å². The molecule has 5 nitrogen and oxygen atoms in total. The Morgan fingerprint density at radius 3 is 2.32 bits per heavy atom. The number of likely N-dealkylation sites (tertiary alicyclic amines) is 1. The summed E-state index contributed by atoms with van der Waals surface area (Å²) in [5, 5.41) is 4.80. The van der Waals surface area contributed by atoms with Gasteiger partial charge in [-0.3, -0.25) is 4.90 Å². The number of piperidine rings is 1. The number of nitrogens with zero attached hydrogens (tertiary/aromatic N) is 1. The van der Waals surface area contributed by atoms with Gasteiger partial charge in [-0.1, -0.05) is 12.1 Å². The maximum Gasteiger partial charge on any atom is 0.212 e. The average molecular weight is 284 g/mol. The SMILES string of the molecule is COc1ccc(CN2CCC(S(N)(=O)=O)CC2)cc1. The highest BCUT2D eigenvalue weighted by Crippen LogP contribution is 2.19. The van der Waals surface area contributed by atoms with Gasteiger partial charge in [-0.15, -0.1) is 0 Å². The second kappa shape index (κ2) is 5.90. The summed E-state index contributed by atoms with van der Waals surface area (Å²) in [5.74, 6) is 0.844. The van der Waals surface area contributed by atoms with Crippen molar-refractivity contribution in [2.75, 3.05) is 20.2 Å². The van der Waals surface area contributed by atoms with Crippen LogP contribution in [0.3, 0.4) is 0 Å². The molecule has 0 unspecified atom stereocenters. The predicted octanol–water partition coefficient (Wildman–Crippen LogP) is 0.948. The predicted molar refractivity (Wildman–Crippen MR) is 74.4 cm³/mol. The molecule has 0 atom stereocenters. The first-order valence-electron chi connectivity index (χ1n) is 6.36. The van der Waals surface area contributed by atoms with E-state index in [0.29, 0.717) is 12.8 Å². The molecule has 0 bridgehead atoms. The molecule has 1 aromatic carbocycles. The summed E-state index contributed by atoms with van der Waals surface area (Å²) in [5.41, 5.74) is 1.20. The quantitative estimate of drug-likeness (QED) is 0.893. The molecule has 0 saturated carbocycles. The van der Waals surface area contributed by atoms with E-state index in [1.165, 1.54) is 5.56 Å². The van der Waals surface area contributed by atoms with Crippen molar-refractivity contribution in [1.29, 1.82) is 0 Å². The van der Waals surface area contributed by atoms with Crippen molar-refractivity contribution < 1.29 is 13.2 Å². The minimum absolute atomic E-state index is 0.375. The third-order valence-electron chi connectivity index (χ3n) is 3.56. The van der Waals surface area contributed by atoms with Crippen molar-refractivity contribution in [2.45, 2.75) is 24.6 Å². The van der Waals surface area contributed by atoms with Crippen molar-refractivity contribution in [2.24, 2.45) is 5.14 Å². The van der Waals surface area contributed by atoms with Crippen LogP contribution >= 0.6 is 0 Å². The van der Waals surface area contributed by atoms with Gasteiger partial charge in [0.2, 0.25) is 10.0 Å². The molecule has 0 spiro atoms. The second-order valence-corrected chi connectivity index (χ2v) is 6.76. The van der Waals surface area contributed by atoms with Gasteiger partial charge in [0.05, 0.1) is 12.4 Å². The van der Waals surface area contributed by atoms with Crippen LogP contribution < -0.4 is 9.88 Å². The number of hydrogen-bond acceptors (Lipinski definition) is 4. The zero-order valence-electron chi connectivity index (χ0n) is 11.1. The fourth-order valence-electron chi connectivity index (χ4n) is 2.39. The number of ether oxygens (including phenoxy) is 1. The Labute approximate surface area is 114 Å². The van der Waals surface area contributed by atoms with E-state index in [2.05, 4.69) is 4.90 Å². The lowest BCUT2D eigenvalue weighted by Crippen LogP contribution is -2.41. The molecule has 0 aliphatic carbocycles. The van der Waals surface area contributed by atoms with E-state index < -0.39 is 10.0 Å². The molecule has 1 heterocycles. The van der Waals surface area contributed by atoms with Crippen LogP contribution in [0.1, 0.15) is 18.4 Å². The van der Waals surface area contributed by atoms with Crippen LogP contribution in [0, 0.1) is 0 Å². The zero-order chi connectivity index (χ0) is 13.9. The third kappa shape index (κ3) is 3.92. The topological polar surface area (TPSA) is 72.6 Å². The molecule has 0 aromatic heterocycles. The highest BCUT2D eigenvalue weighted by Gasteiger charge is 2.26. The van der Waals surface area contributed by atoms with E-state index in [1.54, 1.807) is 7.11 Å². The molecule has 2 N–H and O–H groups in total. The molecule has 6 heteroatoms. The minimum Gasteiger partial charge on any atom is -0.497 e. The van der Waals surface area contributed by atoms with Gasteiger partial charge in [0, 0.05) is 6.54 Å². The lowest BCUT2D eigenvalue weighted by atomic mass is 10.1. The molecular formula is C13H20N2O3S. The van der Waals surface area contributed by atoms with Gasteiger partial charge < -0.3 is 4.74 Å². The van der Waals surface area contributed by atoms with Crippen LogP contribution in [0.2, 0.25) is 0 Å². The zero-order valence-corrected chi connectivity index (χ0v) is 11.9. The van der Waals surface area contributed by atoms with Gasteiger partial charge in [-0.05, 0) is 43.6 Å². The van der Waals surface area contributed by atoms with Crippen molar-refractivity contribution in [3.8, 4) is 5.75 Å². The molecule has 1 fully saturated rings. The Balaban J connectivity index is 1.88. The third-order valence-corrected chi connectivity index (χ3v) is 4.97. The van der Waals surface area contributed by atoms with Crippen molar-refractivity contribution in [1.82, 2.24) is 4.90 Å². The van der Waals surface area contributed by atoms with Crippen LogP contribution in [0.5, 0.6) is 5.75 Å². The minimum atomic E-state index is -3.37. The highest BCUT2D eigenvalue weighted by molar-refractivity contribution is 7.89. The maximum atomic E-state index is 11.3. The van der Waals surface area contributed by atoms with Crippen molar-refractivity contribution in [3.05, 3.63) is 29.8 Å². The van der Waals surface area contributed by atoms with Crippen LogP contribution in [0.25, 0.3) is 0 Å². The molecule has 2 rings (SSSR count). The maximum absolute atomic E-state index is 11.3. The number of sulfonamides is 1. The first kappa shape index (κ1) is 14.3. The van der Waals surface area contributed by atoms with Crippen molar-refractivity contribution in [3.63, 3.8) is 0 Å². The standard InChI is InChI=1S/C13H20N2O3S/c1-18-12-4-2-11(3-5-12)10-15-8-6-13(7-9-15)19(14,16)17/h2-5,13H,6-10H2,1H3,(H2,14,16,17). The van der Waals surface area contributed by atoms with Gasteiger partial charge in [0.15, 0.2) is 0 Å². The Hall–Kier alpha value is -1.11.